The number of benzene rings is 2. The molecule has 2 aromatic rings. The van der Waals surface area contributed by atoms with E-state index in [0.717, 1.165) is 37.9 Å². The second-order valence-corrected chi connectivity index (χ2v) is 7.25. The molecule has 0 spiro atoms. The third-order valence-electron chi connectivity index (χ3n) is 3.87. The molecule has 8 heteroatoms. The van der Waals surface area contributed by atoms with E-state index in [1.54, 1.807) is 12.1 Å². The molecule has 24 heavy (non-hydrogen) atoms. The molecule has 0 bridgehead atoms. The summed E-state index contributed by atoms with van der Waals surface area (Å²) < 4.78 is 40.3. The fourth-order valence-corrected chi connectivity index (χ4v) is 3.72. The molecule has 0 aliphatic carbocycles. The summed E-state index contributed by atoms with van der Waals surface area (Å²) >= 11 is 0. The standard InChI is InChI=1S/C16H19FN4O2S/c17-12-2-1-3-14(10-12)24(22,23)20-16-5-4-13(11-15(16)18)21-8-6-19-7-9-21/h1-5,10-11,19-20H,6-9,18H2. The first-order valence-corrected chi connectivity index (χ1v) is 9.07. The number of nitrogens with two attached hydrogens (primary N) is 1. The lowest BCUT2D eigenvalue weighted by Gasteiger charge is -2.29. The zero-order valence-corrected chi connectivity index (χ0v) is 13.8. The number of halogens is 1. The molecule has 0 unspecified atom stereocenters. The first kappa shape index (κ1) is 16.5. The van der Waals surface area contributed by atoms with Crippen LogP contribution in [0, 0.1) is 5.82 Å². The highest BCUT2D eigenvalue weighted by Crippen LogP contribution is 2.27. The topological polar surface area (TPSA) is 87.5 Å². The summed E-state index contributed by atoms with van der Waals surface area (Å²) in [6.07, 6.45) is 0. The molecule has 0 radical (unpaired) electrons. The highest BCUT2D eigenvalue weighted by Gasteiger charge is 2.17. The molecule has 0 aromatic heterocycles. The molecular weight excluding hydrogens is 331 g/mol. The Bertz CT molecular complexity index is 836. The van der Waals surface area contributed by atoms with Crippen molar-refractivity contribution in [1.82, 2.24) is 5.32 Å². The molecule has 0 atom stereocenters. The van der Waals surface area contributed by atoms with Crippen LogP contribution in [-0.4, -0.2) is 34.6 Å². The quantitative estimate of drug-likeness (QED) is 0.730. The van der Waals surface area contributed by atoms with Crippen LogP contribution < -0.4 is 20.7 Å². The van der Waals surface area contributed by atoms with Gasteiger partial charge in [0.1, 0.15) is 5.82 Å². The number of nitrogens with zero attached hydrogens (tertiary/aromatic N) is 1. The molecule has 128 valence electrons. The van der Waals surface area contributed by atoms with Crippen molar-refractivity contribution < 1.29 is 12.8 Å². The summed E-state index contributed by atoms with van der Waals surface area (Å²) in [7, 11) is -3.89. The van der Waals surface area contributed by atoms with Crippen molar-refractivity contribution >= 4 is 27.1 Å². The molecule has 1 aliphatic rings. The van der Waals surface area contributed by atoms with Gasteiger partial charge in [0.2, 0.25) is 0 Å². The molecule has 0 amide bonds. The van der Waals surface area contributed by atoms with Gasteiger partial charge in [0.25, 0.3) is 10.0 Å². The maximum Gasteiger partial charge on any atom is 0.262 e. The Labute approximate surface area is 140 Å². The minimum Gasteiger partial charge on any atom is -0.397 e. The molecule has 6 nitrogen and oxygen atoms in total. The van der Waals surface area contributed by atoms with Gasteiger partial charge in [0.15, 0.2) is 0 Å². The molecule has 1 aliphatic heterocycles. The van der Waals surface area contributed by atoms with Crippen molar-refractivity contribution in [2.75, 3.05) is 41.5 Å². The predicted octanol–water partition coefficient (Wildman–Crippen LogP) is 1.62. The van der Waals surface area contributed by atoms with Crippen molar-refractivity contribution in [2.24, 2.45) is 0 Å². The fourth-order valence-electron chi connectivity index (χ4n) is 2.60. The van der Waals surface area contributed by atoms with Crippen LogP contribution in [0.2, 0.25) is 0 Å². The Morgan fingerprint density at radius 1 is 1.12 bits per heavy atom. The maximum absolute atomic E-state index is 13.2. The van der Waals surface area contributed by atoms with E-state index in [2.05, 4.69) is 14.9 Å². The van der Waals surface area contributed by atoms with E-state index in [1.165, 1.54) is 18.2 Å². The van der Waals surface area contributed by atoms with Crippen molar-refractivity contribution in [3.63, 3.8) is 0 Å². The van der Waals surface area contributed by atoms with Gasteiger partial charge in [-0.1, -0.05) is 6.07 Å². The SMILES string of the molecule is Nc1cc(N2CCNCC2)ccc1NS(=O)(=O)c1cccc(F)c1. The van der Waals surface area contributed by atoms with Gasteiger partial charge in [-0.25, -0.2) is 12.8 Å². The first-order chi connectivity index (χ1) is 11.5. The second-order valence-electron chi connectivity index (χ2n) is 5.57. The van der Waals surface area contributed by atoms with Gasteiger partial charge in [0, 0.05) is 31.9 Å². The van der Waals surface area contributed by atoms with Gasteiger partial charge in [-0.3, -0.25) is 4.72 Å². The van der Waals surface area contributed by atoms with Crippen LogP contribution in [0.1, 0.15) is 0 Å². The predicted molar refractivity (Wildman–Crippen MR) is 93.1 cm³/mol. The minimum absolute atomic E-state index is 0.145. The van der Waals surface area contributed by atoms with E-state index in [-0.39, 0.29) is 10.6 Å². The third-order valence-corrected chi connectivity index (χ3v) is 5.23. The maximum atomic E-state index is 13.2. The molecule has 0 saturated carbocycles. The molecule has 1 heterocycles. The average molecular weight is 350 g/mol. The molecule has 1 fully saturated rings. The highest BCUT2D eigenvalue weighted by molar-refractivity contribution is 7.92. The van der Waals surface area contributed by atoms with Crippen molar-refractivity contribution in [3.8, 4) is 0 Å². The number of hydrogen-bond acceptors (Lipinski definition) is 5. The van der Waals surface area contributed by atoms with Gasteiger partial charge < -0.3 is 16.0 Å². The normalized spacial score (nSPS) is 15.3. The number of nitrogens with one attached hydrogen (secondary N) is 2. The van der Waals surface area contributed by atoms with Gasteiger partial charge >= 0.3 is 0 Å². The Morgan fingerprint density at radius 3 is 2.54 bits per heavy atom. The summed E-state index contributed by atoms with van der Waals surface area (Å²) in [6, 6.07) is 10.0. The van der Waals surface area contributed by atoms with E-state index in [0.29, 0.717) is 5.69 Å². The monoisotopic (exact) mass is 350 g/mol. The number of nitrogen functional groups attached to an aromatic ring is 1. The number of hydrogen-bond donors (Lipinski definition) is 3. The zero-order chi connectivity index (χ0) is 17.2. The van der Waals surface area contributed by atoms with Crippen LogP contribution in [0.15, 0.2) is 47.4 Å². The van der Waals surface area contributed by atoms with E-state index in [1.807, 2.05) is 6.07 Å². The van der Waals surface area contributed by atoms with Gasteiger partial charge in [-0.2, -0.15) is 0 Å². The molecule has 2 aromatic carbocycles. The van der Waals surface area contributed by atoms with Gasteiger partial charge in [-0.05, 0) is 36.4 Å². The van der Waals surface area contributed by atoms with Crippen LogP contribution in [-0.2, 0) is 10.0 Å². The summed E-state index contributed by atoms with van der Waals surface area (Å²) in [5.74, 6) is -0.611. The van der Waals surface area contributed by atoms with Crippen molar-refractivity contribution in [1.29, 1.82) is 0 Å². The summed E-state index contributed by atoms with van der Waals surface area (Å²) in [6.45, 7) is 3.53. The van der Waals surface area contributed by atoms with E-state index in [4.69, 9.17) is 5.73 Å². The molecule has 1 saturated heterocycles. The summed E-state index contributed by atoms with van der Waals surface area (Å²) in [4.78, 5) is 2.03. The number of piperazine rings is 1. The van der Waals surface area contributed by atoms with Crippen LogP contribution in [0.3, 0.4) is 0 Å². The Balaban J connectivity index is 1.82. The van der Waals surface area contributed by atoms with E-state index in [9.17, 15) is 12.8 Å². The van der Waals surface area contributed by atoms with Gasteiger partial charge in [0.05, 0.1) is 16.3 Å². The largest absolute Gasteiger partial charge is 0.397 e. The number of anilines is 3. The van der Waals surface area contributed by atoms with Crippen LogP contribution in [0.4, 0.5) is 21.5 Å². The Kier molecular flexibility index (Phi) is 4.59. The third kappa shape index (κ3) is 3.60. The molecule has 4 N–H and O–H groups in total. The van der Waals surface area contributed by atoms with Crippen molar-refractivity contribution in [3.05, 3.63) is 48.3 Å². The smallest absolute Gasteiger partial charge is 0.262 e. The lowest BCUT2D eigenvalue weighted by Crippen LogP contribution is -2.43. The second kappa shape index (κ2) is 6.66. The van der Waals surface area contributed by atoms with Crippen molar-refractivity contribution in [2.45, 2.75) is 4.90 Å². The van der Waals surface area contributed by atoms with E-state index >= 15 is 0 Å². The first-order valence-electron chi connectivity index (χ1n) is 7.59. The zero-order valence-electron chi connectivity index (χ0n) is 13.0. The Morgan fingerprint density at radius 2 is 1.88 bits per heavy atom. The van der Waals surface area contributed by atoms with Crippen LogP contribution in [0.25, 0.3) is 0 Å². The highest BCUT2D eigenvalue weighted by atomic mass is 32.2. The summed E-state index contributed by atoms with van der Waals surface area (Å²) in [5, 5.41) is 3.27. The number of rotatable bonds is 4. The lowest BCUT2D eigenvalue weighted by molar-refractivity contribution is 0.589. The van der Waals surface area contributed by atoms with E-state index < -0.39 is 15.8 Å². The minimum atomic E-state index is -3.89. The molecular formula is C16H19FN4O2S. The lowest BCUT2D eigenvalue weighted by atomic mass is 10.2. The summed E-state index contributed by atoms with van der Waals surface area (Å²) in [5.41, 5.74) is 7.55. The molecule has 3 rings (SSSR count). The fraction of sp³-hybridized carbons (Fsp3) is 0.250. The Hall–Kier alpha value is -2.32. The number of sulfonamides is 1. The van der Waals surface area contributed by atoms with Crippen LogP contribution in [0.5, 0.6) is 0 Å². The average Bonchev–Trinajstić information content (AvgIpc) is 2.57. The van der Waals surface area contributed by atoms with Crippen LogP contribution >= 0.6 is 0 Å². The van der Waals surface area contributed by atoms with Gasteiger partial charge in [-0.15, -0.1) is 0 Å².